The van der Waals surface area contributed by atoms with Gasteiger partial charge in [-0.25, -0.2) is 4.68 Å². The number of aromatic nitrogens is 2. The van der Waals surface area contributed by atoms with Crippen LogP contribution in [-0.2, 0) is 29.7 Å². The molecule has 5 heterocycles. The van der Waals surface area contributed by atoms with Crippen molar-refractivity contribution in [1.82, 2.24) is 29.8 Å². The van der Waals surface area contributed by atoms with Crippen LogP contribution in [0.4, 0.5) is 5.69 Å². The van der Waals surface area contributed by atoms with E-state index in [1.807, 2.05) is 12.1 Å². The first-order valence-electron chi connectivity index (χ1n) is 15.9. The highest BCUT2D eigenvalue weighted by Gasteiger charge is 2.40. The third-order valence-electron chi connectivity index (χ3n) is 9.90. The maximum Gasteiger partial charge on any atom is 0.287 e. The second-order valence-electron chi connectivity index (χ2n) is 13.2. The third kappa shape index (κ3) is 5.94. The number of halogens is 1. The van der Waals surface area contributed by atoms with Crippen LogP contribution in [0.1, 0.15) is 63.7 Å². The van der Waals surface area contributed by atoms with Crippen LogP contribution in [0.2, 0.25) is 5.02 Å². The standard InChI is InChI=1S/C34H38ClN7O4/c1-39-15-23(12-26(19-39)37-28-13-36-40(2)34(46)31(28)35)21-5-3-20(4-6-21)14-41-16-25(17-41)22-7-8-27-24(11-22)18-42(33(27)45)29-9-10-30(43)38-32(29)44/h3-8,11,13,23,25-26,29,37H,9-10,12,14-19H2,1-2H3,(H,38,43,44). The molecule has 0 aliphatic carbocycles. The highest BCUT2D eigenvalue weighted by Crippen LogP contribution is 2.34. The van der Waals surface area contributed by atoms with Gasteiger partial charge < -0.3 is 15.1 Å². The molecule has 3 fully saturated rings. The molecule has 4 aliphatic rings. The van der Waals surface area contributed by atoms with Crippen LogP contribution in [-0.4, -0.2) is 87.5 Å². The first-order valence-corrected chi connectivity index (χ1v) is 16.3. The Morgan fingerprint density at radius 2 is 1.72 bits per heavy atom. The smallest absolute Gasteiger partial charge is 0.287 e. The number of likely N-dealkylation sites (N-methyl/N-ethyl adjacent to an activating group) is 1. The third-order valence-corrected chi connectivity index (χ3v) is 10.3. The first kappa shape index (κ1) is 30.6. The molecule has 12 heteroatoms. The molecule has 3 atom stereocenters. The summed E-state index contributed by atoms with van der Waals surface area (Å²) in [5.41, 5.74) is 5.69. The zero-order valence-electron chi connectivity index (χ0n) is 26.0. The number of likely N-dealkylation sites (tertiary alicyclic amines) is 2. The minimum Gasteiger partial charge on any atom is -0.378 e. The monoisotopic (exact) mass is 643 g/mol. The van der Waals surface area contributed by atoms with E-state index < -0.39 is 6.04 Å². The molecule has 0 radical (unpaired) electrons. The Morgan fingerprint density at radius 1 is 0.957 bits per heavy atom. The second kappa shape index (κ2) is 12.3. The summed E-state index contributed by atoms with van der Waals surface area (Å²) in [5, 5.41) is 10.1. The quantitative estimate of drug-likeness (QED) is 0.377. The molecule has 0 bridgehead atoms. The molecule has 3 aromatic rings. The highest BCUT2D eigenvalue weighted by molar-refractivity contribution is 6.32. The van der Waals surface area contributed by atoms with Crippen LogP contribution < -0.4 is 16.2 Å². The van der Waals surface area contributed by atoms with E-state index in [0.717, 1.165) is 44.7 Å². The van der Waals surface area contributed by atoms with Gasteiger partial charge in [0.2, 0.25) is 11.8 Å². The number of imide groups is 1. The van der Waals surface area contributed by atoms with E-state index in [1.165, 1.54) is 21.4 Å². The number of hydrogen-bond acceptors (Lipinski definition) is 8. The predicted octanol–water partition coefficient (Wildman–Crippen LogP) is 2.69. The van der Waals surface area contributed by atoms with E-state index in [-0.39, 0.29) is 40.8 Å². The molecule has 3 amide bonds. The van der Waals surface area contributed by atoms with Crippen LogP contribution in [0.25, 0.3) is 0 Å². The van der Waals surface area contributed by atoms with Crippen molar-refractivity contribution in [2.75, 3.05) is 38.5 Å². The summed E-state index contributed by atoms with van der Waals surface area (Å²) < 4.78 is 1.24. The Hall–Kier alpha value is -4.06. The summed E-state index contributed by atoms with van der Waals surface area (Å²) >= 11 is 6.31. The number of nitrogens with one attached hydrogen (secondary N) is 2. The molecule has 4 aliphatic heterocycles. The first-order chi connectivity index (χ1) is 22.1. The van der Waals surface area contributed by atoms with E-state index in [0.29, 0.717) is 36.1 Å². The summed E-state index contributed by atoms with van der Waals surface area (Å²) in [6.07, 6.45) is 3.17. The SMILES string of the molecule is CN1CC(Nc2cnn(C)c(=O)c2Cl)CC(c2ccc(CN3CC(c4ccc5c(c4)CN(C4CCC(=O)NC4=O)C5=O)C3)cc2)C1. The van der Waals surface area contributed by atoms with Gasteiger partial charge in [0.1, 0.15) is 11.1 Å². The number of carbonyl (C=O) groups is 3. The highest BCUT2D eigenvalue weighted by atomic mass is 35.5. The van der Waals surface area contributed by atoms with Gasteiger partial charge in [0, 0.05) is 70.3 Å². The van der Waals surface area contributed by atoms with Gasteiger partial charge in [-0.2, -0.15) is 5.10 Å². The summed E-state index contributed by atoms with van der Waals surface area (Å²) in [6.45, 7) is 5.01. The van der Waals surface area contributed by atoms with Gasteiger partial charge in [-0.1, -0.05) is 48.0 Å². The van der Waals surface area contributed by atoms with Gasteiger partial charge in [-0.15, -0.1) is 0 Å². The number of benzene rings is 2. The molecule has 3 saturated heterocycles. The topological polar surface area (TPSA) is 120 Å². The van der Waals surface area contributed by atoms with Crippen molar-refractivity contribution in [3.63, 3.8) is 0 Å². The molecule has 2 aromatic carbocycles. The maximum atomic E-state index is 13.0. The fourth-order valence-electron chi connectivity index (χ4n) is 7.41. The number of nitrogens with zero attached hydrogens (tertiary/aromatic N) is 5. The molecule has 240 valence electrons. The molecule has 46 heavy (non-hydrogen) atoms. The Kier molecular flexibility index (Phi) is 8.16. The summed E-state index contributed by atoms with van der Waals surface area (Å²) in [7, 11) is 3.71. The fraction of sp³-hybridized carbons (Fsp3) is 0.441. The van der Waals surface area contributed by atoms with Gasteiger partial charge in [0.05, 0.1) is 11.9 Å². The molecule has 1 aromatic heterocycles. The number of carbonyl (C=O) groups excluding carboxylic acids is 3. The lowest BCUT2D eigenvalue weighted by Gasteiger charge is -2.40. The normalized spacial score (nSPS) is 24.1. The minimum absolute atomic E-state index is 0.133. The van der Waals surface area contributed by atoms with E-state index in [9.17, 15) is 19.2 Å². The molecule has 11 nitrogen and oxygen atoms in total. The lowest BCUT2D eigenvalue weighted by molar-refractivity contribution is -0.136. The van der Waals surface area contributed by atoms with Crippen molar-refractivity contribution in [3.8, 4) is 0 Å². The van der Waals surface area contributed by atoms with Crippen molar-refractivity contribution < 1.29 is 14.4 Å². The number of anilines is 1. The Bertz CT molecular complexity index is 1750. The summed E-state index contributed by atoms with van der Waals surface area (Å²) in [5.74, 6) is -0.0328. The molecule has 2 N–H and O–H groups in total. The number of hydrogen-bond donors (Lipinski definition) is 2. The number of amides is 3. The van der Waals surface area contributed by atoms with Gasteiger partial charge in [0.25, 0.3) is 11.5 Å². The second-order valence-corrected chi connectivity index (χ2v) is 13.6. The van der Waals surface area contributed by atoms with Crippen molar-refractivity contribution >= 4 is 35.0 Å². The van der Waals surface area contributed by atoms with Crippen molar-refractivity contribution in [1.29, 1.82) is 0 Å². The van der Waals surface area contributed by atoms with Gasteiger partial charge in [-0.05, 0) is 54.1 Å². The zero-order valence-corrected chi connectivity index (χ0v) is 26.8. The molecule has 0 saturated carbocycles. The molecule has 0 spiro atoms. The van der Waals surface area contributed by atoms with Gasteiger partial charge in [-0.3, -0.25) is 29.4 Å². The van der Waals surface area contributed by atoms with E-state index in [1.54, 1.807) is 18.1 Å². The Morgan fingerprint density at radius 3 is 2.48 bits per heavy atom. The van der Waals surface area contributed by atoms with Crippen molar-refractivity contribution in [2.24, 2.45) is 7.05 Å². The average Bonchev–Trinajstić information content (AvgIpc) is 3.34. The van der Waals surface area contributed by atoms with Gasteiger partial charge in [0.15, 0.2) is 0 Å². The van der Waals surface area contributed by atoms with E-state index >= 15 is 0 Å². The van der Waals surface area contributed by atoms with Crippen LogP contribution in [0.5, 0.6) is 0 Å². The molecular formula is C34H38ClN7O4. The fourth-order valence-corrected chi connectivity index (χ4v) is 7.63. The molecule has 3 unspecified atom stereocenters. The van der Waals surface area contributed by atoms with Crippen LogP contribution in [0.3, 0.4) is 0 Å². The number of rotatable bonds is 7. The maximum absolute atomic E-state index is 13.0. The van der Waals surface area contributed by atoms with E-state index in [4.69, 9.17) is 11.6 Å². The van der Waals surface area contributed by atoms with Gasteiger partial charge >= 0.3 is 0 Å². The lowest BCUT2D eigenvalue weighted by atomic mass is 9.87. The molecule has 7 rings (SSSR count). The minimum atomic E-state index is -0.591. The van der Waals surface area contributed by atoms with Crippen molar-refractivity contribution in [2.45, 2.75) is 56.3 Å². The average molecular weight is 644 g/mol. The number of piperidine rings is 2. The summed E-state index contributed by atoms with van der Waals surface area (Å²) in [6, 6.07) is 14.6. The van der Waals surface area contributed by atoms with Crippen molar-refractivity contribution in [3.05, 3.63) is 91.9 Å². The Labute approximate surface area is 272 Å². The Balaban J connectivity index is 0.929. The number of fused-ring (bicyclic) bond motifs is 1. The zero-order chi connectivity index (χ0) is 32.1. The largest absolute Gasteiger partial charge is 0.378 e. The number of aryl methyl sites for hydroxylation is 1. The molecular weight excluding hydrogens is 606 g/mol. The van der Waals surface area contributed by atoms with Crippen LogP contribution in [0.15, 0.2) is 53.5 Å². The van der Waals surface area contributed by atoms with Crippen LogP contribution in [0, 0.1) is 0 Å². The summed E-state index contributed by atoms with van der Waals surface area (Å²) in [4.78, 5) is 55.5. The predicted molar refractivity (Wildman–Crippen MR) is 174 cm³/mol. The van der Waals surface area contributed by atoms with Crippen LogP contribution >= 0.6 is 11.6 Å². The van der Waals surface area contributed by atoms with E-state index in [2.05, 4.69) is 62.9 Å². The lowest BCUT2D eigenvalue weighted by Crippen LogP contribution is -2.52.